The van der Waals surface area contributed by atoms with Crippen molar-refractivity contribution in [3.05, 3.63) is 59.7 Å². The maximum absolute atomic E-state index is 7.81. The van der Waals surface area contributed by atoms with Crippen molar-refractivity contribution in [1.29, 1.82) is 5.41 Å². The number of thioether (sulfide) groups is 1. The number of hydrogen-bond acceptors (Lipinski definition) is 3. The Bertz CT molecular complexity index is 550. The summed E-state index contributed by atoms with van der Waals surface area (Å²) in [6, 6.07) is 16.1. The van der Waals surface area contributed by atoms with Gasteiger partial charge in [0.15, 0.2) is 0 Å². The summed E-state index contributed by atoms with van der Waals surface area (Å²) in [5.41, 5.74) is 9.27. The van der Waals surface area contributed by atoms with Gasteiger partial charge in [-0.05, 0) is 24.6 Å². The normalized spacial score (nSPS) is 10.3. The Morgan fingerprint density at radius 3 is 2.50 bits per heavy atom. The second kappa shape index (κ2) is 5.74. The topological polar surface area (TPSA) is 49.9 Å². The van der Waals surface area contributed by atoms with E-state index < -0.39 is 0 Å². The molecule has 3 heteroatoms. The van der Waals surface area contributed by atoms with Gasteiger partial charge in [-0.15, -0.1) is 11.8 Å². The summed E-state index contributed by atoms with van der Waals surface area (Å²) in [4.78, 5) is 1.08. The molecule has 0 atom stereocenters. The summed E-state index contributed by atoms with van der Waals surface area (Å²) < 4.78 is 0. The molecule has 0 bridgehead atoms. The van der Waals surface area contributed by atoms with Crippen molar-refractivity contribution in [2.45, 2.75) is 17.6 Å². The maximum Gasteiger partial charge on any atom is 0.0417 e. The van der Waals surface area contributed by atoms with Gasteiger partial charge >= 0.3 is 0 Å². The third-order valence-corrected chi connectivity index (χ3v) is 3.80. The lowest BCUT2D eigenvalue weighted by molar-refractivity contribution is 1.34. The highest BCUT2D eigenvalue weighted by Crippen LogP contribution is 2.29. The van der Waals surface area contributed by atoms with Gasteiger partial charge in [0.2, 0.25) is 0 Å². The number of benzene rings is 2. The molecule has 0 fully saturated rings. The zero-order valence-corrected chi connectivity index (χ0v) is 11.1. The fraction of sp³-hybridized carbons (Fsp3) is 0.133. The molecule has 2 nitrogen and oxygen atoms in total. The number of anilines is 1. The molecule has 2 aromatic carbocycles. The average molecular weight is 256 g/mol. The van der Waals surface area contributed by atoms with Crippen molar-refractivity contribution in [2.75, 3.05) is 5.73 Å². The highest BCUT2D eigenvalue weighted by molar-refractivity contribution is 7.98. The molecule has 18 heavy (non-hydrogen) atoms. The van der Waals surface area contributed by atoms with E-state index in [1.165, 1.54) is 5.56 Å². The fourth-order valence-electron chi connectivity index (χ4n) is 1.81. The van der Waals surface area contributed by atoms with Gasteiger partial charge in [0.25, 0.3) is 0 Å². The highest BCUT2D eigenvalue weighted by Gasteiger charge is 2.08. The van der Waals surface area contributed by atoms with E-state index in [4.69, 9.17) is 11.1 Å². The van der Waals surface area contributed by atoms with Gasteiger partial charge in [-0.25, -0.2) is 0 Å². The van der Waals surface area contributed by atoms with Gasteiger partial charge in [0, 0.05) is 27.6 Å². The van der Waals surface area contributed by atoms with Gasteiger partial charge < -0.3 is 11.1 Å². The van der Waals surface area contributed by atoms with Gasteiger partial charge in [0.05, 0.1) is 0 Å². The molecule has 0 aromatic heterocycles. The van der Waals surface area contributed by atoms with Crippen LogP contribution in [0.3, 0.4) is 0 Å². The van der Waals surface area contributed by atoms with Gasteiger partial charge in [-0.3, -0.25) is 0 Å². The molecule has 0 saturated carbocycles. The molecular weight excluding hydrogens is 240 g/mol. The Balaban J connectivity index is 2.20. The Labute approximate surface area is 112 Å². The Morgan fingerprint density at radius 1 is 1.11 bits per heavy atom. The first-order valence-electron chi connectivity index (χ1n) is 5.79. The standard InChI is InChI=1S/C15H16N2S/c1-11(16)15-13(17)8-5-9-14(15)18-10-12-6-3-2-4-7-12/h2-9,16H,10,17H2,1H3. The molecule has 0 unspecified atom stereocenters. The second-order valence-electron chi connectivity index (χ2n) is 4.12. The Morgan fingerprint density at radius 2 is 1.83 bits per heavy atom. The van der Waals surface area contributed by atoms with Crippen molar-refractivity contribution >= 4 is 23.2 Å². The van der Waals surface area contributed by atoms with Crippen molar-refractivity contribution in [3.8, 4) is 0 Å². The van der Waals surface area contributed by atoms with Crippen LogP contribution in [0, 0.1) is 5.41 Å². The molecule has 0 heterocycles. The van der Waals surface area contributed by atoms with Crippen molar-refractivity contribution in [2.24, 2.45) is 0 Å². The van der Waals surface area contributed by atoms with Crippen LogP contribution in [0.1, 0.15) is 18.1 Å². The molecule has 3 N–H and O–H groups in total. The van der Waals surface area contributed by atoms with Crippen molar-refractivity contribution < 1.29 is 0 Å². The summed E-state index contributed by atoms with van der Waals surface area (Å²) in [6.07, 6.45) is 0. The van der Waals surface area contributed by atoms with E-state index in [2.05, 4.69) is 12.1 Å². The summed E-state index contributed by atoms with van der Waals surface area (Å²) in [5, 5.41) is 7.81. The smallest absolute Gasteiger partial charge is 0.0417 e. The molecule has 2 rings (SSSR count). The van der Waals surface area contributed by atoms with E-state index in [0.29, 0.717) is 11.4 Å². The number of hydrogen-bond donors (Lipinski definition) is 2. The molecule has 0 spiro atoms. The van der Waals surface area contributed by atoms with Crippen molar-refractivity contribution in [3.63, 3.8) is 0 Å². The van der Waals surface area contributed by atoms with Crippen LogP contribution in [-0.4, -0.2) is 5.71 Å². The van der Waals surface area contributed by atoms with Crippen molar-refractivity contribution in [1.82, 2.24) is 0 Å². The highest BCUT2D eigenvalue weighted by atomic mass is 32.2. The second-order valence-corrected chi connectivity index (χ2v) is 5.14. The van der Waals surface area contributed by atoms with Crippen LogP contribution in [0.15, 0.2) is 53.4 Å². The van der Waals surface area contributed by atoms with Crippen LogP contribution in [0.5, 0.6) is 0 Å². The number of nitrogens with one attached hydrogen (secondary N) is 1. The molecule has 0 aliphatic rings. The molecular formula is C15H16N2S. The first-order valence-corrected chi connectivity index (χ1v) is 6.78. The van der Waals surface area contributed by atoms with Crippen LogP contribution in [0.25, 0.3) is 0 Å². The van der Waals surface area contributed by atoms with Gasteiger partial charge in [-0.2, -0.15) is 0 Å². The van der Waals surface area contributed by atoms with Crippen LogP contribution in [0.4, 0.5) is 5.69 Å². The first kappa shape index (κ1) is 12.7. The van der Waals surface area contributed by atoms with Gasteiger partial charge in [-0.1, -0.05) is 36.4 Å². The minimum Gasteiger partial charge on any atom is -0.398 e. The quantitative estimate of drug-likeness (QED) is 0.494. The molecule has 0 radical (unpaired) electrons. The van der Waals surface area contributed by atoms with Gasteiger partial charge in [0.1, 0.15) is 0 Å². The van der Waals surface area contributed by atoms with E-state index in [1.807, 2.05) is 36.4 Å². The van der Waals surface area contributed by atoms with E-state index in [0.717, 1.165) is 16.2 Å². The summed E-state index contributed by atoms with van der Waals surface area (Å²) in [7, 11) is 0. The minimum atomic E-state index is 0.517. The summed E-state index contributed by atoms with van der Waals surface area (Å²) in [6.45, 7) is 1.78. The third-order valence-electron chi connectivity index (χ3n) is 2.67. The zero-order valence-electron chi connectivity index (χ0n) is 10.3. The Hall–Kier alpha value is -1.74. The number of nitrogens with two attached hydrogens (primary N) is 1. The largest absolute Gasteiger partial charge is 0.398 e. The number of rotatable bonds is 4. The van der Waals surface area contributed by atoms with E-state index >= 15 is 0 Å². The fourth-order valence-corrected chi connectivity index (χ4v) is 2.91. The van der Waals surface area contributed by atoms with Crippen LogP contribution in [0.2, 0.25) is 0 Å². The molecule has 0 aliphatic heterocycles. The summed E-state index contributed by atoms with van der Waals surface area (Å²) in [5.74, 6) is 0.893. The molecule has 0 amide bonds. The lowest BCUT2D eigenvalue weighted by atomic mass is 10.1. The number of nitrogen functional groups attached to an aromatic ring is 1. The predicted octanol–water partition coefficient (Wildman–Crippen LogP) is 3.95. The lowest BCUT2D eigenvalue weighted by Gasteiger charge is -2.10. The zero-order chi connectivity index (χ0) is 13.0. The van der Waals surface area contributed by atoms with Crippen LogP contribution in [-0.2, 0) is 5.75 Å². The average Bonchev–Trinajstić information content (AvgIpc) is 2.37. The predicted molar refractivity (Wildman–Crippen MR) is 79.4 cm³/mol. The molecule has 0 saturated heterocycles. The molecule has 0 aliphatic carbocycles. The van der Waals surface area contributed by atoms with Crippen LogP contribution >= 0.6 is 11.8 Å². The Kier molecular flexibility index (Phi) is 4.05. The SMILES string of the molecule is CC(=N)c1c(N)cccc1SCc1ccccc1. The lowest BCUT2D eigenvalue weighted by Crippen LogP contribution is -2.01. The molecule has 92 valence electrons. The van der Waals surface area contributed by atoms with Crippen LogP contribution < -0.4 is 5.73 Å². The van der Waals surface area contributed by atoms with E-state index in [1.54, 1.807) is 18.7 Å². The van der Waals surface area contributed by atoms with E-state index in [9.17, 15) is 0 Å². The maximum atomic E-state index is 7.81. The third kappa shape index (κ3) is 2.93. The first-order chi connectivity index (χ1) is 8.68. The molecule has 2 aromatic rings. The van der Waals surface area contributed by atoms with E-state index in [-0.39, 0.29) is 0 Å². The monoisotopic (exact) mass is 256 g/mol. The minimum absolute atomic E-state index is 0.517. The summed E-state index contributed by atoms with van der Waals surface area (Å²) >= 11 is 1.72.